The van der Waals surface area contributed by atoms with Crippen molar-refractivity contribution in [2.45, 2.75) is 19.6 Å². The lowest BCUT2D eigenvalue weighted by atomic mass is 10.3. The third-order valence-corrected chi connectivity index (χ3v) is 4.02. The molecular weight excluding hydrogens is 346 g/mol. The van der Waals surface area contributed by atoms with Crippen molar-refractivity contribution < 1.29 is 19.7 Å². The second-order valence-electron chi connectivity index (χ2n) is 6.05. The highest BCUT2D eigenvalue weighted by atomic mass is 16.5. The van der Waals surface area contributed by atoms with Crippen molar-refractivity contribution in [3.8, 4) is 11.5 Å². The number of nitrogens with zero attached hydrogens (tertiary/aromatic N) is 2. The number of hydrogen-bond acceptors (Lipinski definition) is 6. The highest BCUT2D eigenvalue weighted by molar-refractivity contribution is 5.78. The predicted molar refractivity (Wildman–Crippen MR) is 104 cm³/mol. The number of nitrogens with one attached hydrogen (secondary N) is 1. The Labute approximate surface area is 158 Å². The summed E-state index contributed by atoms with van der Waals surface area (Å²) in [4.78, 5) is 4.52. The zero-order valence-electron chi connectivity index (χ0n) is 15.3. The number of anilines is 1. The lowest BCUT2D eigenvalue weighted by molar-refractivity contribution is 0.0938. The number of aliphatic hydroxyl groups excluding tert-OH is 2. The second kappa shape index (κ2) is 9.25. The molecule has 3 N–H and O–H groups in total. The molecule has 0 aliphatic carbocycles. The number of benzene rings is 2. The van der Waals surface area contributed by atoms with E-state index in [9.17, 15) is 5.11 Å². The average molecular weight is 371 g/mol. The van der Waals surface area contributed by atoms with E-state index in [1.807, 2.05) is 60.0 Å². The fraction of sp³-hybridized carbons (Fsp3) is 0.350. The third-order valence-electron chi connectivity index (χ3n) is 4.02. The Morgan fingerprint density at radius 1 is 1.07 bits per heavy atom. The summed E-state index contributed by atoms with van der Waals surface area (Å²) in [5.74, 6) is 2.08. The first-order valence-corrected chi connectivity index (χ1v) is 9.05. The minimum Gasteiger partial charge on any atom is -0.494 e. The quantitative estimate of drug-likeness (QED) is 0.507. The first kappa shape index (κ1) is 19.0. The monoisotopic (exact) mass is 371 g/mol. The molecule has 0 saturated carbocycles. The highest BCUT2D eigenvalue weighted by Crippen LogP contribution is 2.21. The number of hydrogen-bond donors (Lipinski definition) is 3. The van der Waals surface area contributed by atoms with Crippen LogP contribution in [-0.2, 0) is 6.54 Å². The fourth-order valence-electron chi connectivity index (χ4n) is 2.82. The molecule has 1 atom stereocenters. The van der Waals surface area contributed by atoms with Crippen LogP contribution >= 0.6 is 0 Å². The number of ether oxygens (including phenoxy) is 2. The Hall–Kier alpha value is -2.77. The summed E-state index contributed by atoms with van der Waals surface area (Å²) in [5.41, 5.74) is 1.75. The topological polar surface area (TPSA) is 88.8 Å². The number of para-hydroxylation sites is 2. The van der Waals surface area contributed by atoms with Crippen molar-refractivity contribution in [1.29, 1.82) is 0 Å². The van der Waals surface area contributed by atoms with Crippen LogP contribution in [0.3, 0.4) is 0 Å². The van der Waals surface area contributed by atoms with Crippen LogP contribution in [0.1, 0.15) is 6.92 Å². The maximum atomic E-state index is 10.5. The van der Waals surface area contributed by atoms with Crippen molar-refractivity contribution in [1.82, 2.24) is 9.55 Å². The van der Waals surface area contributed by atoms with Crippen LogP contribution in [-0.4, -0.2) is 52.2 Å². The molecule has 1 aromatic heterocycles. The molecule has 0 amide bonds. The normalized spacial score (nSPS) is 12.1. The number of aromatic nitrogens is 2. The Kier molecular flexibility index (Phi) is 6.51. The molecule has 0 radical (unpaired) electrons. The SMILES string of the molecule is CCOc1ccc(OCC(O)Cn2c(NCCO)nc3ccccc32)cc1. The molecule has 0 aliphatic heterocycles. The van der Waals surface area contributed by atoms with Gasteiger partial charge in [0.2, 0.25) is 5.95 Å². The van der Waals surface area contributed by atoms with E-state index in [1.54, 1.807) is 0 Å². The van der Waals surface area contributed by atoms with Gasteiger partial charge in [-0.25, -0.2) is 4.98 Å². The Morgan fingerprint density at radius 2 is 1.78 bits per heavy atom. The maximum absolute atomic E-state index is 10.5. The van der Waals surface area contributed by atoms with Gasteiger partial charge in [0.15, 0.2) is 0 Å². The van der Waals surface area contributed by atoms with Crippen molar-refractivity contribution in [3.63, 3.8) is 0 Å². The number of imidazole rings is 1. The maximum Gasteiger partial charge on any atom is 0.204 e. The van der Waals surface area contributed by atoms with Gasteiger partial charge in [0.25, 0.3) is 0 Å². The molecule has 7 heteroatoms. The van der Waals surface area contributed by atoms with E-state index >= 15 is 0 Å². The summed E-state index contributed by atoms with van der Waals surface area (Å²) < 4.78 is 13.0. The van der Waals surface area contributed by atoms with E-state index in [0.717, 1.165) is 16.8 Å². The molecule has 3 rings (SSSR count). The lowest BCUT2D eigenvalue weighted by Gasteiger charge is -2.16. The van der Waals surface area contributed by atoms with Crippen LogP contribution < -0.4 is 14.8 Å². The minimum absolute atomic E-state index is 0.00656. The average Bonchev–Trinajstić information content (AvgIpc) is 3.03. The van der Waals surface area contributed by atoms with Gasteiger partial charge in [-0.2, -0.15) is 0 Å². The molecule has 0 fully saturated rings. The smallest absolute Gasteiger partial charge is 0.204 e. The van der Waals surface area contributed by atoms with E-state index in [2.05, 4.69) is 10.3 Å². The largest absolute Gasteiger partial charge is 0.494 e. The van der Waals surface area contributed by atoms with Gasteiger partial charge in [0, 0.05) is 6.54 Å². The van der Waals surface area contributed by atoms with Crippen LogP contribution in [0.25, 0.3) is 11.0 Å². The molecule has 0 saturated heterocycles. The summed E-state index contributed by atoms with van der Waals surface area (Å²) in [5, 5.41) is 22.6. The van der Waals surface area contributed by atoms with E-state index < -0.39 is 6.10 Å². The Bertz CT molecular complexity index is 848. The highest BCUT2D eigenvalue weighted by Gasteiger charge is 2.14. The Balaban J connectivity index is 1.65. The molecule has 0 aliphatic rings. The first-order valence-electron chi connectivity index (χ1n) is 9.05. The Morgan fingerprint density at radius 3 is 2.48 bits per heavy atom. The summed E-state index contributed by atoms with van der Waals surface area (Å²) in [6, 6.07) is 15.0. The van der Waals surface area contributed by atoms with Crippen LogP contribution in [0, 0.1) is 0 Å². The van der Waals surface area contributed by atoms with Crippen molar-refractivity contribution in [2.24, 2.45) is 0 Å². The molecule has 144 valence electrons. The summed E-state index contributed by atoms with van der Waals surface area (Å²) in [7, 11) is 0. The van der Waals surface area contributed by atoms with Crippen molar-refractivity contribution in [2.75, 3.05) is 31.7 Å². The number of fused-ring (bicyclic) bond motifs is 1. The van der Waals surface area contributed by atoms with Crippen LogP contribution in [0.15, 0.2) is 48.5 Å². The molecular formula is C20H25N3O4. The molecule has 3 aromatic rings. The third kappa shape index (κ3) is 4.90. The summed E-state index contributed by atoms with van der Waals surface area (Å²) in [6.07, 6.45) is -0.719. The zero-order valence-corrected chi connectivity index (χ0v) is 15.3. The minimum atomic E-state index is -0.719. The summed E-state index contributed by atoms with van der Waals surface area (Å²) in [6.45, 7) is 3.43. The number of rotatable bonds is 10. The zero-order chi connectivity index (χ0) is 19.1. The summed E-state index contributed by atoms with van der Waals surface area (Å²) >= 11 is 0. The van der Waals surface area contributed by atoms with Gasteiger partial charge >= 0.3 is 0 Å². The predicted octanol–water partition coefficient (Wildman–Crippen LogP) is 2.28. The van der Waals surface area contributed by atoms with E-state index in [0.29, 0.717) is 31.4 Å². The standard InChI is InChI=1S/C20H25N3O4/c1-2-26-16-7-9-17(10-8-16)27-14-15(25)13-23-19-6-4-3-5-18(19)22-20(23)21-11-12-24/h3-10,15,24-25H,2,11-14H2,1H3,(H,21,22). The van der Waals surface area contributed by atoms with Gasteiger partial charge in [0.05, 0.1) is 30.8 Å². The van der Waals surface area contributed by atoms with Gasteiger partial charge in [-0.15, -0.1) is 0 Å². The first-order chi connectivity index (χ1) is 13.2. The second-order valence-corrected chi connectivity index (χ2v) is 6.05. The van der Waals surface area contributed by atoms with Gasteiger partial charge in [0.1, 0.15) is 24.2 Å². The van der Waals surface area contributed by atoms with Crippen molar-refractivity contribution >= 4 is 17.0 Å². The van der Waals surface area contributed by atoms with Gasteiger partial charge in [-0.1, -0.05) is 12.1 Å². The molecule has 2 aromatic carbocycles. The fourth-order valence-corrected chi connectivity index (χ4v) is 2.82. The van der Waals surface area contributed by atoms with Crippen LogP contribution in [0.4, 0.5) is 5.95 Å². The molecule has 0 spiro atoms. The van der Waals surface area contributed by atoms with E-state index in [1.165, 1.54) is 0 Å². The van der Waals surface area contributed by atoms with Crippen LogP contribution in [0.2, 0.25) is 0 Å². The molecule has 27 heavy (non-hydrogen) atoms. The van der Waals surface area contributed by atoms with Crippen molar-refractivity contribution in [3.05, 3.63) is 48.5 Å². The van der Waals surface area contributed by atoms with Gasteiger partial charge < -0.3 is 29.6 Å². The van der Waals surface area contributed by atoms with E-state index in [4.69, 9.17) is 14.6 Å². The molecule has 1 unspecified atom stereocenters. The number of aliphatic hydroxyl groups is 2. The van der Waals surface area contributed by atoms with Crippen LogP contribution in [0.5, 0.6) is 11.5 Å². The molecule has 7 nitrogen and oxygen atoms in total. The van der Waals surface area contributed by atoms with Gasteiger partial charge in [-0.05, 0) is 43.3 Å². The molecule has 1 heterocycles. The van der Waals surface area contributed by atoms with Gasteiger partial charge in [-0.3, -0.25) is 0 Å². The lowest BCUT2D eigenvalue weighted by Crippen LogP contribution is -2.25. The van der Waals surface area contributed by atoms with E-state index in [-0.39, 0.29) is 13.2 Å². The molecule has 0 bridgehead atoms.